The van der Waals surface area contributed by atoms with Crippen molar-refractivity contribution in [1.29, 1.82) is 0 Å². The first-order valence-corrected chi connectivity index (χ1v) is 7.68. The molecule has 2 aliphatic rings. The van der Waals surface area contributed by atoms with Crippen LogP contribution in [0.4, 0.5) is 5.82 Å². The number of nitrogens with two attached hydrogens (primary N) is 1. The van der Waals surface area contributed by atoms with Crippen molar-refractivity contribution in [3.63, 3.8) is 0 Å². The van der Waals surface area contributed by atoms with E-state index < -0.39 is 0 Å². The minimum absolute atomic E-state index is 0.585. The smallest absolute Gasteiger partial charge is 0.145 e. The molecule has 3 atom stereocenters. The predicted octanol–water partition coefficient (Wildman–Crippen LogP) is 1.25. The van der Waals surface area contributed by atoms with Gasteiger partial charge in [0, 0.05) is 18.0 Å². The molecule has 2 aromatic rings. The summed E-state index contributed by atoms with van der Waals surface area (Å²) in [6, 6.07) is 8.53. The van der Waals surface area contributed by atoms with E-state index in [0.717, 1.165) is 54.7 Å². The molecule has 0 amide bonds. The maximum atomic E-state index is 6.08. The second-order valence-corrected chi connectivity index (χ2v) is 6.29. The maximum Gasteiger partial charge on any atom is 0.145 e. The van der Waals surface area contributed by atoms with Crippen LogP contribution >= 0.6 is 0 Å². The molecule has 0 saturated carbocycles. The zero-order chi connectivity index (χ0) is 14.4. The Morgan fingerprint density at radius 3 is 3.00 bits per heavy atom. The van der Waals surface area contributed by atoms with Gasteiger partial charge in [-0.2, -0.15) is 0 Å². The highest BCUT2D eigenvalue weighted by Gasteiger charge is 2.41. The molecule has 5 nitrogen and oxygen atoms in total. The number of rotatable bonds is 2. The molecule has 1 aromatic heterocycles. The number of aromatic nitrogens is 2. The first-order chi connectivity index (χ1) is 10.2. The molecule has 3 unspecified atom stereocenters. The van der Waals surface area contributed by atoms with Gasteiger partial charge in [0.05, 0.1) is 12.1 Å². The number of nitrogens with zero attached hydrogens (tertiary/aromatic N) is 3. The number of likely N-dealkylation sites (tertiary alicyclic amines) is 1. The van der Waals surface area contributed by atoms with Crippen molar-refractivity contribution < 1.29 is 0 Å². The van der Waals surface area contributed by atoms with Crippen LogP contribution in [0.2, 0.25) is 0 Å². The van der Waals surface area contributed by atoms with Gasteiger partial charge in [0.25, 0.3) is 0 Å². The molecule has 2 saturated heterocycles. The van der Waals surface area contributed by atoms with E-state index in [-0.39, 0.29) is 0 Å². The first-order valence-electron chi connectivity index (χ1n) is 7.68. The molecular weight excluding hydrogens is 262 g/mol. The third-order valence-electron chi connectivity index (χ3n) is 5.08. The number of nitrogen functional groups attached to an aromatic ring is 1. The summed E-state index contributed by atoms with van der Waals surface area (Å²) in [7, 11) is 0. The lowest BCUT2D eigenvalue weighted by atomic mass is 9.95. The lowest BCUT2D eigenvalue weighted by Crippen LogP contribution is -2.33. The maximum absolute atomic E-state index is 6.08. The number of nitrogens with one attached hydrogen (secondary N) is 1. The molecule has 0 radical (unpaired) electrons. The van der Waals surface area contributed by atoms with Gasteiger partial charge in [-0.1, -0.05) is 12.1 Å². The molecule has 2 aliphatic heterocycles. The van der Waals surface area contributed by atoms with Crippen molar-refractivity contribution in [3.8, 4) is 0 Å². The minimum Gasteiger partial charge on any atom is -0.383 e. The Bertz CT molecular complexity index is 671. The van der Waals surface area contributed by atoms with Gasteiger partial charge in [-0.15, -0.1) is 0 Å². The van der Waals surface area contributed by atoms with Crippen LogP contribution in [-0.2, 0) is 6.54 Å². The lowest BCUT2D eigenvalue weighted by Gasteiger charge is -2.23. The molecule has 1 aromatic carbocycles. The van der Waals surface area contributed by atoms with Gasteiger partial charge in [0.15, 0.2) is 0 Å². The van der Waals surface area contributed by atoms with E-state index in [1.54, 1.807) is 0 Å². The summed E-state index contributed by atoms with van der Waals surface area (Å²) < 4.78 is 0. The van der Waals surface area contributed by atoms with Gasteiger partial charge in [-0.25, -0.2) is 9.97 Å². The van der Waals surface area contributed by atoms with Crippen molar-refractivity contribution in [2.24, 2.45) is 11.8 Å². The first kappa shape index (κ1) is 13.0. The molecule has 0 bridgehead atoms. The van der Waals surface area contributed by atoms with Gasteiger partial charge in [-0.3, -0.25) is 4.90 Å². The average molecular weight is 283 g/mol. The monoisotopic (exact) mass is 283 g/mol. The molecule has 4 rings (SSSR count). The fraction of sp³-hybridized carbons (Fsp3) is 0.500. The highest BCUT2D eigenvalue weighted by molar-refractivity contribution is 5.87. The van der Waals surface area contributed by atoms with Crippen LogP contribution in [0.25, 0.3) is 10.9 Å². The molecule has 2 fully saturated rings. The van der Waals surface area contributed by atoms with Gasteiger partial charge in [-0.05, 0) is 44.0 Å². The summed E-state index contributed by atoms with van der Waals surface area (Å²) in [5.41, 5.74) is 7.02. The van der Waals surface area contributed by atoms with Gasteiger partial charge in [0.1, 0.15) is 11.6 Å². The summed E-state index contributed by atoms with van der Waals surface area (Å²) >= 11 is 0. The van der Waals surface area contributed by atoms with E-state index in [1.807, 2.05) is 24.3 Å². The van der Waals surface area contributed by atoms with Crippen molar-refractivity contribution in [1.82, 2.24) is 20.2 Å². The number of fused-ring (bicyclic) bond motifs is 2. The molecular formula is C16H21N5. The van der Waals surface area contributed by atoms with Crippen molar-refractivity contribution in [3.05, 3.63) is 30.1 Å². The summed E-state index contributed by atoms with van der Waals surface area (Å²) in [5.74, 6) is 2.97. The number of para-hydroxylation sites is 1. The fourth-order valence-electron chi connectivity index (χ4n) is 3.87. The number of benzene rings is 1. The molecule has 3 N–H and O–H groups in total. The quantitative estimate of drug-likeness (QED) is 0.868. The Morgan fingerprint density at radius 1 is 1.29 bits per heavy atom. The van der Waals surface area contributed by atoms with E-state index in [1.165, 1.54) is 0 Å². The molecule has 0 aliphatic carbocycles. The Kier molecular flexibility index (Phi) is 3.05. The third kappa shape index (κ3) is 2.17. The molecule has 0 spiro atoms. The lowest BCUT2D eigenvalue weighted by molar-refractivity contribution is 0.226. The summed E-state index contributed by atoms with van der Waals surface area (Å²) in [6.07, 6.45) is 0. The summed E-state index contributed by atoms with van der Waals surface area (Å²) in [4.78, 5) is 11.7. The zero-order valence-corrected chi connectivity index (χ0v) is 12.3. The molecule has 110 valence electrons. The standard InChI is InChI=1S/C16H21N5/c1-10-13-7-18-6-11(13)8-21(10)9-15-19-14-5-3-2-4-12(14)16(17)20-15/h2-5,10-11,13,18H,6-9H2,1H3,(H2,17,19,20). The summed E-state index contributed by atoms with van der Waals surface area (Å²) in [5, 5.41) is 4.44. The second kappa shape index (κ2) is 4.93. The molecule has 3 heterocycles. The summed E-state index contributed by atoms with van der Waals surface area (Å²) in [6.45, 7) is 6.54. The predicted molar refractivity (Wildman–Crippen MR) is 83.7 cm³/mol. The minimum atomic E-state index is 0.585. The van der Waals surface area contributed by atoms with E-state index in [4.69, 9.17) is 5.73 Å². The van der Waals surface area contributed by atoms with Crippen LogP contribution in [0.3, 0.4) is 0 Å². The van der Waals surface area contributed by atoms with Crippen LogP contribution in [0.5, 0.6) is 0 Å². The number of hydrogen-bond acceptors (Lipinski definition) is 5. The van der Waals surface area contributed by atoms with Crippen LogP contribution in [0.1, 0.15) is 12.7 Å². The van der Waals surface area contributed by atoms with E-state index in [2.05, 4.69) is 27.1 Å². The fourth-order valence-corrected chi connectivity index (χ4v) is 3.87. The third-order valence-corrected chi connectivity index (χ3v) is 5.08. The van der Waals surface area contributed by atoms with Gasteiger partial charge in [0.2, 0.25) is 0 Å². The molecule has 21 heavy (non-hydrogen) atoms. The zero-order valence-electron chi connectivity index (χ0n) is 12.3. The van der Waals surface area contributed by atoms with E-state index in [9.17, 15) is 0 Å². The van der Waals surface area contributed by atoms with Gasteiger partial charge < -0.3 is 11.1 Å². The number of hydrogen-bond donors (Lipinski definition) is 2. The Hall–Kier alpha value is -1.72. The highest BCUT2D eigenvalue weighted by Crippen LogP contribution is 2.33. The Labute approximate surface area is 124 Å². The average Bonchev–Trinajstić information content (AvgIpc) is 3.04. The largest absolute Gasteiger partial charge is 0.383 e. The van der Waals surface area contributed by atoms with Gasteiger partial charge >= 0.3 is 0 Å². The van der Waals surface area contributed by atoms with Crippen molar-refractivity contribution >= 4 is 16.7 Å². The Balaban J connectivity index is 1.60. The van der Waals surface area contributed by atoms with Crippen LogP contribution in [0.15, 0.2) is 24.3 Å². The second-order valence-electron chi connectivity index (χ2n) is 6.29. The topological polar surface area (TPSA) is 67.1 Å². The SMILES string of the molecule is CC1C2CNCC2CN1Cc1nc(N)c2ccccc2n1. The van der Waals surface area contributed by atoms with Crippen molar-refractivity contribution in [2.75, 3.05) is 25.4 Å². The van der Waals surface area contributed by atoms with Crippen LogP contribution < -0.4 is 11.1 Å². The van der Waals surface area contributed by atoms with Crippen molar-refractivity contribution in [2.45, 2.75) is 19.5 Å². The normalized spacial score (nSPS) is 29.1. The van der Waals surface area contributed by atoms with E-state index in [0.29, 0.717) is 11.9 Å². The Morgan fingerprint density at radius 2 is 2.14 bits per heavy atom. The van der Waals surface area contributed by atoms with Crippen LogP contribution in [0, 0.1) is 11.8 Å². The van der Waals surface area contributed by atoms with Crippen LogP contribution in [-0.4, -0.2) is 40.5 Å². The highest BCUT2D eigenvalue weighted by atomic mass is 15.2. The molecule has 5 heteroatoms. The number of anilines is 1. The van der Waals surface area contributed by atoms with E-state index >= 15 is 0 Å².